The minimum atomic E-state index is 0.496. The zero-order chi connectivity index (χ0) is 29.8. The van der Waals surface area contributed by atoms with Crippen LogP contribution >= 0.6 is 0 Å². The maximum absolute atomic E-state index is 4.75. The Bertz CT molecular complexity index is 742. The number of rotatable bonds is 30. The van der Waals surface area contributed by atoms with E-state index in [1.165, 1.54) is 173 Å². The predicted molar refractivity (Wildman–Crippen MR) is 189 cm³/mol. The molecule has 1 heterocycles. The quantitative estimate of drug-likeness (QED) is 0.0641. The number of hydrogen-bond donors (Lipinski definition) is 0. The molecule has 2 heteroatoms. The van der Waals surface area contributed by atoms with Crippen molar-refractivity contribution < 1.29 is 0 Å². The molecule has 42 heavy (non-hydrogen) atoms. The van der Waals surface area contributed by atoms with Gasteiger partial charge in [0.1, 0.15) is 0 Å². The Labute approximate surface area is 263 Å². The molecular weight excluding hydrogens is 508 g/mol. The van der Waals surface area contributed by atoms with Gasteiger partial charge in [0.25, 0.3) is 0 Å². The summed E-state index contributed by atoms with van der Waals surface area (Å²) in [5.41, 5.74) is 1.48. The Hall–Kier alpha value is -1.57. The normalized spacial score (nSPS) is 14.2. The molecule has 0 N–H and O–H groups in total. The summed E-state index contributed by atoms with van der Waals surface area (Å²) in [7, 11) is 0. The molecule has 0 saturated heterocycles. The van der Waals surface area contributed by atoms with Crippen LogP contribution in [0.5, 0.6) is 0 Å². The van der Waals surface area contributed by atoms with E-state index in [4.69, 9.17) is 9.98 Å². The van der Waals surface area contributed by atoms with Crippen molar-refractivity contribution >= 4 is 12.4 Å². The fraction of sp³-hybridized carbons (Fsp3) is 0.775. The molecule has 0 fully saturated rings. The summed E-state index contributed by atoms with van der Waals surface area (Å²) in [5, 5.41) is 0. The molecule has 1 aromatic rings. The third-order valence-corrected chi connectivity index (χ3v) is 9.52. The van der Waals surface area contributed by atoms with Gasteiger partial charge < -0.3 is 0 Å². The van der Waals surface area contributed by atoms with Crippen LogP contribution in [0.25, 0.3) is 0 Å². The largest absolute Gasteiger partial charge is 0.244 e. The van der Waals surface area contributed by atoms with Gasteiger partial charge in [0.2, 0.25) is 6.17 Å². The minimum Gasteiger partial charge on any atom is -0.0965 e. The second-order valence-electron chi connectivity index (χ2n) is 13.3. The van der Waals surface area contributed by atoms with Crippen LogP contribution in [0.4, 0.5) is 0 Å². The van der Waals surface area contributed by atoms with Crippen molar-refractivity contribution in [2.45, 2.75) is 187 Å². The van der Waals surface area contributed by atoms with E-state index >= 15 is 0 Å². The maximum Gasteiger partial charge on any atom is 0.244 e. The Kier molecular flexibility index (Phi) is 23.6. The summed E-state index contributed by atoms with van der Waals surface area (Å²) >= 11 is 0. The molecule has 0 aliphatic carbocycles. The van der Waals surface area contributed by atoms with Crippen molar-refractivity contribution in [2.24, 2.45) is 21.8 Å². The van der Waals surface area contributed by atoms with Crippen molar-refractivity contribution in [1.82, 2.24) is 0 Å². The summed E-state index contributed by atoms with van der Waals surface area (Å²) in [4.78, 5) is 9.50. The zero-order valence-electron chi connectivity index (χ0n) is 28.2. The molecule has 0 bridgehead atoms. The summed E-state index contributed by atoms with van der Waals surface area (Å²) in [6.45, 7) is 4.61. The lowest BCUT2D eigenvalue weighted by molar-refractivity contribution is 0.284. The number of nitrogens with zero attached hydrogens (tertiary/aromatic N) is 2. The fourth-order valence-electron chi connectivity index (χ4n) is 6.83. The standard InChI is InChI=1S/C40H69N2/c1-3-5-7-9-11-13-15-16-17-18-20-22-24-29-33-39(40-41-34-35-42-40)38(36-37-30-26-25-27-31-37)32-28-23-21-19-14-12-10-8-6-4-2/h25-27,30-31,34-35,38-39H,3-24,28-29,32-33,36H2,1-2H3/q+1. The Morgan fingerprint density at radius 3 is 1.29 bits per heavy atom. The first-order chi connectivity index (χ1) is 20.8. The molecule has 238 valence electrons. The van der Waals surface area contributed by atoms with E-state index in [9.17, 15) is 0 Å². The van der Waals surface area contributed by atoms with Crippen molar-refractivity contribution in [3.8, 4) is 0 Å². The average Bonchev–Trinajstić information content (AvgIpc) is 3.55. The molecule has 0 spiro atoms. The summed E-state index contributed by atoms with van der Waals surface area (Å²) < 4.78 is 0. The van der Waals surface area contributed by atoms with Crippen LogP contribution in [-0.2, 0) is 6.42 Å². The van der Waals surface area contributed by atoms with E-state index < -0.39 is 0 Å². The topological polar surface area (TPSA) is 24.7 Å². The van der Waals surface area contributed by atoms with Crippen LogP contribution in [0.2, 0.25) is 0 Å². The van der Waals surface area contributed by atoms with E-state index in [1.54, 1.807) is 0 Å². The predicted octanol–water partition coefficient (Wildman–Crippen LogP) is 13.3. The Morgan fingerprint density at radius 1 is 0.476 bits per heavy atom. The van der Waals surface area contributed by atoms with Gasteiger partial charge >= 0.3 is 0 Å². The second-order valence-corrected chi connectivity index (χ2v) is 13.3. The van der Waals surface area contributed by atoms with Gasteiger partial charge in [-0.3, -0.25) is 0 Å². The minimum absolute atomic E-state index is 0.496. The molecule has 1 aliphatic rings. The number of hydrogen-bond acceptors (Lipinski definition) is 2. The monoisotopic (exact) mass is 578 g/mol. The Balaban J connectivity index is 1.69. The maximum atomic E-state index is 4.75. The van der Waals surface area contributed by atoms with Gasteiger partial charge in [-0.1, -0.05) is 208 Å². The molecule has 2 atom stereocenters. The molecule has 1 aromatic carbocycles. The molecule has 0 saturated carbocycles. The SMILES string of the molecule is CCCCCCCCCCCCCCCCC([C+]1N=CC=N1)C(CCCCCCCCCCCC)Cc1ccccc1. The first-order valence-corrected chi connectivity index (χ1v) is 18.8. The lowest BCUT2D eigenvalue weighted by Crippen LogP contribution is -2.22. The van der Waals surface area contributed by atoms with Crippen LogP contribution in [0, 0.1) is 18.0 Å². The molecule has 2 unspecified atom stereocenters. The molecule has 0 aromatic heterocycles. The Morgan fingerprint density at radius 2 is 0.857 bits per heavy atom. The molecule has 0 amide bonds. The lowest BCUT2D eigenvalue weighted by Gasteiger charge is -2.26. The number of aliphatic imine (C=N–C) groups is 2. The third kappa shape index (κ3) is 18.9. The first kappa shape index (κ1) is 36.6. The zero-order valence-corrected chi connectivity index (χ0v) is 28.2. The van der Waals surface area contributed by atoms with E-state index in [0.29, 0.717) is 11.8 Å². The highest BCUT2D eigenvalue weighted by Crippen LogP contribution is 2.37. The molecule has 1 aliphatic heterocycles. The lowest BCUT2D eigenvalue weighted by atomic mass is 9.78. The van der Waals surface area contributed by atoms with Gasteiger partial charge in [-0.05, 0) is 30.7 Å². The van der Waals surface area contributed by atoms with Gasteiger partial charge in [-0.15, -0.1) is 0 Å². The molecule has 2 nitrogen and oxygen atoms in total. The van der Waals surface area contributed by atoms with Crippen molar-refractivity contribution in [2.75, 3.05) is 0 Å². The first-order valence-electron chi connectivity index (χ1n) is 18.8. The number of unbranched alkanes of at least 4 members (excludes halogenated alkanes) is 22. The van der Waals surface area contributed by atoms with E-state index in [-0.39, 0.29) is 0 Å². The average molecular weight is 578 g/mol. The van der Waals surface area contributed by atoms with E-state index in [2.05, 4.69) is 44.2 Å². The van der Waals surface area contributed by atoms with Gasteiger partial charge in [0, 0.05) is 0 Å². The highest BCUT2D eigenvalue weighted by atomic mass is 15.0. The highest BCUT2D eigenvalue weighted by molar-refractivity contribution is 6.18. The van der Waals surface area contributed by atoms with Gasteiger partial charge in [0.05, 0.1) is 5.92 Å². The van der Waals surface area contributed by atoms with Crippen LogP contribution in [0.15, 0.2) is 40.3 Å². The van der Waals surface area contributed by atoms with Gasteiger partial charge in [-0.2, -0.15) is 0 Å². The molecule has 2 rings (SSSR count). The second kappa shape index (κ2) is 27.0. The van der Waals surface area contributed by atoms with Crippen LogP contribution < -0.4 is 0 Å². The molecule has 0 radical (unpaired) electrons. The van der Waals surface area contributed by atoms with Gasteiger partial charge in [0.15, 0.2) is 12.4 Å². The van der Waals surface area contributed by atoms with Gasteiger partial charge in [-0.25, -0.2) is 0 Å². The smallest absolute Gasteiger partial charge is 0.0965 e. The van der Waals surface area contributed by atoms with E-state index in [1.807, 2.05) is 12.4 Å². The van der Waals surface area contributed by atoms with E-state index in [0.717, 1.165) is 12.6 Å². The summed E-state index contributed by atoms with van der Waals surface area (Å²) in [5.74, 6) is 1.14. The van der Waals surface area contributed by atoms with Crippen LogP contribution in [0.1, 0.15) is 186 Å². The van der Waals surface area contributed by atoms with Crippen molar-refractivity contribution in [1.29, 1.82) is 0 Å². The van der Waals surface area contributed by atoms with Crippen molar-refractivity contribution in [3.63, 3.8) is 0 Å². The molecular formula is C40H69N2+. The third-order valence-electron chi connectivity index (χ3n) is 9.52. The summed E-state index contributed by atoms with van der Waals surface area (Å²) in [6, 6.07) is 11.2. The van der Waals surface area contributed by atoms with Crippen molar-refractivity contribution in [3.05, 3.63) is 42.1 Å². The summed E-state index contributed by atoms with van der Waals surface area (Å²) in [6.07, 6.45) is 42.6. The van der Waals surface area contributed by atoms with Crippen LogP contribution in [-0.4, -0.2) is 12.4 Å². The fourth-order valence-corrected chi connectivity index (χ4v) is 6.83. The highest BCUT2D eigenvalue weighted by Gasteiger charge is 2.35. The number of benzene rings is 1. The van der Waals surface area contributed by atoms with Crippen LogP contribution in [0.3, 0.4) is 0 Å².